The monoisotopic (exact) mass is 365 g/mol. The number of anilines is 1. The number of rotatable bonds is 6. The van der Waals surface area contributed by atoms with Crippen LogP contribution in [0.15, 0.2) is 48.8 Å². The van der Waals surface area contributed by atoms with E-state index in [1.165, 1.54) is 5.56 Å². The molecular formula is C21H27N5O. The molecule has 0 aliphatic rings. The molecule has 1 atom stereocenters. The zero-order chi connectivity index (χ0) is 19.4. The Labute approximate surface area is 160 Å². The summed E-state index contributed by atoms with van der Waals surface area (Å²) in [5.41, 5.74) is 2.96. The molecule has 0 aliphatic heterocycles. The van der Waals surface area contributed by atoms with Gasteiger partial charge in [-0.1, -0.05) is 32.9 Å². The lowest BCUT2D eigenvalue weighted by Crippen LogP contribution is -2.19. The molecule has 0 spiro atoms. The lowest BCUT2D eigenvalue weighted by Gasteiger charge is -2.21. The van der Waals surface area contributed by atoms with Crippen LogP contribution in [0, 0.1) is 0 Å². The summed E-state index contributed by atoms with van der Waals surface area (Å²) in [5.74, 6) is 1.62. The third-order valence-corrected chi connectivity index (χ3v) is 4.27. The topological polar surface area (TPSA) is 64.9 Å². The minimum Gasteiger partial charge on any atom is -0.378 e. The first kappa shape index (κ1) is 19.0. The molecule has 0 saturated carbocycles. The Bertz CT molecular complexity index is 867. The first-order valence-corrected chi connectivity index (χ1v) is 9.10. The van der Waals surface area contributed by atoms with E-state index in [1.807, 2.05) is 23.0 Å². The van der Waals surface area contributed by atoms with Gasteiger partial charge in [-0.25, -0.2) is 14.6 Å². The smallest absolute Gasteiger partial charge is 0.136 e. The van der Waals surface area contributed by atoms with Crippen molar-refractivity contribution in [1.29, 1.82) is 0 Å². The minimum atomic E-state index is -0.130. The Morgan fingerprint density at radius 2 is 1.89 bits per heavy atom. The van der Waals surface area contributed by atoms with Crippen molar-refractivity contribution in [2.24, 2.45) is 0 Å². The number of methoxy groups -OCH3 is 1. The van der Waals surface area contributed by atoms with Gasteiger partial charge in [0, 0.05) is 37.0 Å². The Balaban J connectivity index is 1.80. The number of nitrogens with zero attached hydrogens (tertiary/aromatic N) is 4. The van der Waals surface area contributed by atoms with Gasteiger partial charge in [0.25, 0.3) is 0 Å². The van der Waals surface area contributed by atoms with Crippen LogP contribution in [0.1, 0.15) is 50.8 Å². The summed E-state index contributed by atoms with van der Waals surface area (Å²) in [6.45, 7) is 8.92. The number of aromatic nitrogens is 4. The standard InChI is InChI=1S/C21H27N5O/c1-15(16-7-9-18(10-8-16)26-12-6-11-22-26)23-19-13-17(14-27-5)24-20(25-19)21(2,3)4/h6-13,15H,14H2,1-5H3,(H,23,24,25). The number of benzene rings is 1. The Morgan fingerprint density at radius 3 is 2.48 bits per heavy atom. The van der Waals surface area contributed by atoms with Crippen molar-refractivity contribution in [1.82, 2.24) is 19.7 Å². The van der Waals surface area contributed by atoms with Crippen molar-refractivity contribution in [3.05, 3.63) is 65.9 Å². The summed E-state index contributed by atoms with van der Waals surface area (Å²) < 4.78 is 7.11. The van der Waals surface area contributed by atoms with Crippen molar-refractivity contribution in [3.8, 4) is 5.69 Å². The molecular weight excluding hydrogens is 338 g/mol. The van der Waals surface area contributed by atoms with Crippen molar-refractivity contribution in [3.63, 3.8) is 0 Å². The summed E-state index contributed by atoms with van der Waals surface area (Å²) in [6.07, 6.45) is 3.71. The van der Waals surface area contributed by atoms with Crippen molar-refractivity contribution < 1.29 is 4.74 Å². The molecule has 0 radical (unpaired) electrons. The third-order valence-electron chi connectivity index (χ3n) is 4.27. The average molecular weight is 365 g/mol. The second kappa shape index (κ2) is 7.88. The van der Waals surface area contributed by atoms with Crippen molar-refractivity contribution in [2.75, 3.05) is 12.4 Å². The van der Waals surface area contributed by atoms with Gasteiger partial charge in [0.15, 0.2) is 0 Å². The highest BCUT2D eigenvalue weighted by molar-refractivity contribution is 5.42. The molecule has 6 heteroatoms. The van der Waals surface area contributed by atoms with Crippen LogP contribution in [-0.4, -0.2) is 26.9 Å². The Kier molecular flexibility index (Phi) is 5.56. The SMILES string of the molecule is COCc1cc(NC(C)c2ccc(-n3cccn3)cc2)nc(C(C)(C)C)n1. The molecule has 3 rings (SSSR count). The van der Waals surface area contributed by atoms with E-state index in [1.54, 1.807) is 13.3 Å². The number of hydrogen-bond acceptors (Lipinski definition) is 5. The third kappa shape index (κ3) is 4.71. The predicted molar refractivity (Wildman–Crippen MR) is 107 cm³/mol. The zero-order valence-electron chi connectivity index (χ0n) is 16.6. The van der Waals surface area contributed by atoms with Crippen molar-refractivity contribution in [2.45, 2.75) is 45.8 Å². The molecule has 3 aromatic rings. The molecule has 0 bridgehead atoms. The van der Waals surface area contributed by atoms with Gasteiger partial charge in [-0.15, -0.1) is 0 Å². The van der Waals surface area contributed by atoms with E-state index in [9.17, 15) is 0 Å². The quantitative estimate of drug-likeness (QED) is 0.706. The van der Waals surface area contributed by atoms with Crippen LogP contribution in [0.3, 0.4) is 0 Å². The molecule has 0 fully saturated rings. The molecule has 1 N–H and O–H groups in total. The number of ether oxygens (including phenoxy) is 1. The minimum absolute atomic E-state index is 0.106. The highest BCUT2D eigenvalue weighted by Gasteiger charge is 2.19. The van der Waals surface area contributed by atoms with Gasteiger partial charge in [0.1, 0.15) is 11.6 Å². The predicted octanol–water partition coefficient (Wildman–Crippen LogP) is 4.28. The van der Waals surface area contributed by atoms with Gasteiger partial charge >= 0.3 is 0 Å². The summed E-state index contributed by atoms with van der Waals surface area (Å²) in [6, 6.07) is 12.3. The molecule has 27 heavy (non-hydrogen) atoms. The van der Waals surface area contributed by atoms with Gasteiger partial charge in [0.2, 0.25) is 0 Å². The zero-order valence-corrected chi connectivity index (χ0v) is 16.6. The highest BCUT2D eigenvalue weighted by atomic mass is 16.5. The fourth-order valence-corrected chi connectivity index (χ4v) is 2.77. The van der Waals surface area contributed by atoms with E-state index in [4.69, 9.17) is 9.72 Å². The first-order chi connectivity index (χ1) is 12.9. The van der Waals surface area contributed by atoms with Crippen LogP contribution in [0.2, 0.25) is 0 Å². The molecule has 0 aliphatic carbocycles. The van der Waals surface area contributed by atoms with E-state index in [0.717, 1.165) is 23.0 Å². The maximum atomic E-state index is 5.26. The molecule has 0 amide bonds. The molecule has 2 aromatic heterocycles. The second-order valence-corrected chi connectivity index (χ2v) is 7.66. The molecule has 1 aromatic carbocycles. The highest BCUT2D eigenvalue weighted by Crippen LogP contribution is 2.24. The maximum Gasteiger partial charge on any atom is 0.136 e. The first-order valence-electron chi connectivity index (χ1n) is 9.10. The second-order valence-electron chi connectivity index (χ2n) is 7.66. The molecule has 2 heterocycles. The normalized spacial score (nSPS) is 12.8. The lowest BCUT2D eigenvalue weighted by molar-refractivity contribution is 0.181. The Morgan fingerprint density at radius 1 is 1.15 bits per heavy atom. The van der Waals surface area contributed by atoms with Gasteiger partial charge in [-0.2, -0.15) is 5.10 Å². The van der Waals surface area contributed by atoms with E-state index in [-0.39, 0.29) is 11.5 Å². The maximum absolute atomic E-state index is 5.26. The lowest BCUT2D eigenvalue weighted by atomic mass is 9.95. The van der Waals surface area contributed by atoms with Crippen LogP contribution in [0.25, 0.3) is 5.69 Å². The number of nitrogens with one attached hydrogen (secondary N) is 1. The van der Waals surface area contributed by atoms with Gasteiger partial charge in [0.05, 0.1) is 18.0 Å². The average Bonchev–Trinajstić information content (AvgIpc) is 3.16. The fourth-order valence-electron chi connectivity index (χ4n) is 2.77. The van der Waals surface area contributed by atoms with E-state index >= 15 is 0 Å². The van der Waals surface area contributed by atoms with E-state index < -0.39 is 0 Å². The largest absolute Gasteiger partial charge is 0.378 e. The molecule has 1 unspecified atom stereocenters. The number of hydrogen-bond donors (Lipinski definition) is 1. The fraction of sp³-hybridized carbons (Fsp3) is 0.381. The molecule has 6 nitrogen and oxygen atoms in total. The van der Waals surface area contributed by atoms with E-state index in [0.29, 0.717) is 6.61 Å². The van der Waals surface area contributed by atoms with Crippen LogP contribution in [0.4, 0.5) is 5.82 Å². The van der Waals surface area contributed by atoms with Gasteiger partial charge in [-0.3, -0.25) is 0 Å². The summed E-state index contributed by atoms with van der Waals surface area (Å²) in [4.78, 5) is 9.35. The van der Waals surface area contributed by atoms with Gasteiger partial charge < -0.3 is 10.1 Å². The summed E-state index contributed by atoms with van der Waals surface area (Å²) in [7, 11) is 1.68. The molecule has 142 valence electrons. The van der Waals surface area contributed by atoms with Gasteiger partial charge in [-0.05, 0) is 30.7 Å². The van der Waals surface area contributed by atoms with Crippen LogP contribution in [-0.2, 0) is 16.8 Å². The van der Waals surface area contributed by atoms with E-state index in [2.05, 4.69) is 67.4 Å². The molecule has 0 saturated heterocycles. The Hall–Kier alpha value is -2.73. The van der Waals surface area contributed by atoms with Crippen LogP contribution < -0.4 is 5.32 Å². The summed E-state index contributed by atoms with van der Waals surface area (Å²) >= 11 is 0. The summed E-state index contributed by atoms with van der Waals surface area (Å²) in [5, 5.41) is 7.76. The van der Waals surface area contributed by atoms with Crippen LogP contribution >= 0.6 is 0 Å². The van der Waals surface area contributed by atoms with Crippen molar-refractivity contribution >= 4 is 5.82 Å². The van der Waals surface area contributed by atoms with Crippen LogP contribution in [0.5, 0.6) is 0 Å².